The van der Waals surface area contributed by atoms with Gasteiger partial charge in [0.05, 0.1) is 24.6 Å². The molecule has 2 saturated carbocycles. The number of carbonyl (C=O) groups is 4. The number of rotatable bonds is 6. The van der Waals surface area contributed by atoms with E-state index in [1.165, 1.54) is 12.0 Å². The molecule has 0 unspecified atom stereocenters. The van der Waals surface area contributed by atoms with Crippen LogP contribution in [0.2, 0.25) is 0 Å². The predicted molar refractivity (Wildman–Crippen MR) is 126 cm³/mol. The number of hydrogen-bond donors (Lipinski definition) is 1. The Bertz CT molecular complexity index is 1220. The molecule has 3 fully saturated rings. The van der Waals surface area contributed by atoms with Crippen molar-refractivity contribution < 1.29 is 28.7 Å². The normalized spacial score (nSPS) is 29.5. The van der Waals surface area contributed by atoms with Gasteiger partial charge in [-0.15, -0.1) is 0 Å². The number of amides is 3. The second-order valence-corrected chi connectivity index (χ2v) is 9.57. The fourth-order valence-electron chi connectivity index (χ4n) is 6.04. The lowest BCUT2D eigenvalue weighted by Gasteiger charge is -2.37. The molecule has 1 N–H and O–H groups in total. The number of benzene rings is 2. The molecule has 8 heteroatoms. The molecule has 8 nitrogen and oxygen atoms in total. The Morgan fingerprint density at radius 3 is 2.09 bits per heavy atom. The van der Waals surface area contributed by atoms with Gasteiger partial charge < -0.3 is 9.47 Å². The maximum absolute atomic E-state index is 13.2. The summed E-state index contributed by atoms with van der Waals surface area (Å²) in [5, 5.41) is 2.52. The molecule has 4 aliphatic carbocycles. The van der Waals surface area contributed by atoms with Gasteiger partial charge >= 0.3 is 6.09 Å². The van der Waals surface area contributed by atoms with E-state index < -0.39 is 6.09 Å². The van der Waals surface area contributed by atoms with Crippen molar-refractivity contribution >= 4 is 35.1 Å². The lowest BCUT2D eigenvalue weighted by Crippen LogP contribution is -2.40. The number of hydrogen-bond acceptors (Lipinski definition) is 6. The Kier molecular flexibility index (Phi) is 4.98. The van der Waals surface area contributed by atoms with Gasteiger partial charge in [-0.2, -0.15) is 0 Å². The molecule has 2 aromatic rings. The van der Waals surface area contributed by atoms with Crippen molar-refractivity contribution in [1.29, 1.82) is 0 Å². The highest BCUT2D eigenvalue weighted by atomic mass is 16.5. The zero-order chi connectivity index (χ0) is 24.3. The standard InChI is InChI=1S/C27H24N2O6/c1-34-27(33)28-15-4-2-14(3-5-15)22(30)13-35-17-8-6-16(7-9-17)29-25(31)23-18-10-11-19(21-12-20(18)21)24(23)26(29)32/h2-11,18-21,23-24H,12-13H2,1H3,(H,28,33)/t18-,19+,20+,21-,23-,24+. The van der Waals surface area contributed by atoms with Crippen LogP contribution in [0.5, 0.6) is 5.75 Å². The van der Waals surface area contributed by atoms with Crippen LogP contribution in [0.25, 0.3) is 0 Å². The van der Waals surface area contributed by atoms with Crippen LogP contribution in [0.3, 0.4) is 0 Å². The molecule has 0 radical (unpaired) electrons. The number of ketones is 1. The summed E-state index contributed by atoms with van der Waals surface area (Å²) in [6.45, 7) is -0.174. The highest BCUT2D eigenvalue weighted by molar-refractivity contribution is 6.22. The Hall–Kier alpha value is -3.94. The molecule has 0 spiro atoms. The molecule has 2 bridgehead atoms. The summed E-state index contributed by atoms with van der Waals surface area (Å²) in [6.07, 6.45) is 4.86. The van der Waals surface area contributed by atoms with E-state index in [0.717, 1.165) is 6.42 Å². The van der Waals surface area contributed by atoms with Crippen molar-refractivity contribution in [3.8, 4) is 5.75 Å². The second-order valence-electron chi connectivity index (χ2n) is 9.57. The number of nitrogens with zero attached hydrogens (tertiary/aromatic N) is 1. The summed E-state index contributed by atoms with van der Waals surface area (Å²) in [5.41, 5.74) is 1.49. The fourth-order valence-corrected chi connectivity index (χ4v) is 6.04. The number of carbonyl (C=O) groups excluding carboxylic acids is 4. The van der Waals surface area contributed by atoms with Crippen molar-refractivity contribution in [3.63, 3.8) is 0 Å². The van der Waals surface area contributed by atoms with Crippen molar-refractivity contribution in [3.05, 3.63) is 66.2 Å². The van der Waals surface area contributed by atoms with Gasteiger partial charge in [0, 0.05) is 11.3 Å². The highest BCUT2D eigenvalue weighted by Crippen LogP contribution is 2.65. The smallest absolute Gasteiger partial charge is 0.411 e. The van der Waals surface area contributed by atoms with E-state index in [0.29, 0.717) is 34.5 Å². The fraction of sp³-hybridized carbons (Fsp3) is 0.333. The van der Waals surface area contributed by atoms with E-state index in [9.17, 15) is 19.2 Å². The summed E-state index contributed by atoms with van der Waals surface area (Å²) in [5.74, 6) is 1.09. The lowest BCUT2D eigenvalue weighted by atomic mass is 9.63. The molecule has 5 aliphatic rings. The summed E-state index contributed by atoms with van der Waals surface area (Å²) < 4.78 is 10.2. The first-order chi connectivity index (χ1) is 17.0. The van der Waals surface area contributed by atoms with Gasteiger partial charge in [-0.25, -0.2) is 4.79 Å². The van der Waals surface area contributed by atoms with Crippen LogP contribution in [0.1, 0.15) is 16.8 Å². The van der Waals surface area contributed by atoms with Crippen LogP contribution in [0, 0.1) is 35.5 Å². The van der Waals surface area contributed by atoms with E-state index in [1.807, 2.05) is 0 Å². The van der Waals surface area contributed by atoms with Gasteiger partial charge in [-0.3, -0.25) is 24.6 Å². The lowest BCUT2D eigenvalue weighted by molar-refractivity contribution is -0.124. The molecule has 2 aromatic carbocycles. The first kappa shape index (κ1) is 21.6. The van der Waals surface area contributed by atoms with Crippen molar-refractivity contribution in [1.82, 2.24) is 0 Å². The maximum Gasteiger partial charge on any atom is 0.411 e. The molecule has 3 amide bonds. The second kappa shape index (κ2) is 8.08. The molecule has 1 aliphatic heterocycles. The number of imide groups is 1. The average molecular weight is 472 g/mol. The Labute approximate surface area is 201 Å². The quantitative estimate of drug-likeness (QED) is 0.391. The average Bonchev–Trinajstić information content (AvgIpc) is 3.66. The third-order valence-corrected chi connectivity index (χ3v) is 7.77. The van der Waals surface area contributed by atoms with E-state index in [-0.39, 0.29) is 47.9 Å². The van der Waals surface area contributed by atoms with E-state index in [2.05, 4.69) is 22.2 Å². The Balaban J connectivity index is 1.09. The van der Waals surface area contributed by atoms with E-state index >= 15 is 0 Å². The highest BCUT2D eigenvalue weighted by Gasteiger charge is 2.67. The third kappa shape index (κ3) is 3.51. The number of ether oxygens (including phenoxy) is 2. The monoisotopic (exact) mass is 472 g/mol. The molecule has 1 saturated heterocycles. The first-order valence-corrected chi connectivity index (χ1v) is 11.7. The van der Waals surface area contributed by atoms with Gasteiger partial charge in [0.2, 0.25) is 11.8 Å². The molecule has 178 valence electrons. The number of methoxy groups -OCH3 is 1. The number of anilines is 2. The van der Waals surface area contributed by atoms with Gasteiger partial charge in [-0.05, 0) is 78.6 Å². The van der Waals surface area contributed by atoms with Gasteiger partial charge in [0.15, 0.2) is 12.4 Å². The third-order valence-electron chi connectivity index (χ3n) is 7.77. The molecule has 35 heavy (non-hydrogen) atoms. The van der Waals surface area contributed by atoms with E-state index in [4.69, 9.17) is 4.74 Å². The summed E-state index contributed by atoms with van der Waals surface area (Å²) >= 11 is 0. The van der Waals surface area contributed by atoms with Crippen LogP contribution >= 0.6 is 0 Å². The van der Waals surface area contributed by atoms with Crippen LogP contribution < -0.4 is 15.0 Å². The Morgan fingerprint density at radius 2 is 1.51 bits per heavy atom. The van der Waals surface area contributed by atoms with E-state index in [1.54, 1.807) is 48.5 Å². The first-order valence-electron chi connectivity index (χ1n) is 11.7. The van der Waals surface area contributed by atoms with Crippen LogP contribution in [0.15, 0.2) is 60.7 Å². The van der Waals surface area contributed by atoms with Crippen LogP contribution in [-0.4, -0.2) is 37.4 Å². The van der Waals surface area contributed by atoms with Gasteiger partial charge in [-0.1, -0.05) is 12.2 Å². The maximum atomic E-state index is 13.2. The summed E-state index contributed by atoms with van der Waals surface area (Å²) in [4.78, 5) is 51.5. The zero-order valence-corrected chi connectivity index (χ0v) is 19.0. The van der Waals surface area contributed by atoms with Crippen molar-refractivity contribution in [2.75, 3.05) is 23.9 Å². The largest absolute Gasteiger partial charge is 0.485 e. The zero-order valence-electron chi connectivity index (χ0n) is 19.0. The van der Waals surface area contributed by atoms with Crippen molar-refractivity contribution in [2.45, 2.75) is 6.42 Å². The topological polar surface area (TPSA) is 102 Å². The summed E-state index contributed by atoms with van der Waals surface area (Å²) in [7, 11) is 1.27. The number of nitrogens with one attached hydrogen (secondary N) is 1. The van der Waals surface area contributed by atoms with Crippen molar-refractivity contribution in [2.24, 2.45) is 35.5 Å². The molecule has 6 atom stereocenters. The van der Waals surface area contributed by atoms with Gasteiger partial charge in [0.1, 0.15) is 5.75 Å². The minimum absolute atomic E-state index is 0.0984. The molecular formula is C27H24N2O6. The molecule has 1 heterocycles. The molecular weight excluding hydrogens is 448 g/mol. The SMILES string of the molecule is COC(=O)Nc1ccc(C(=O)COc2ccc(N3C(=O)[C@@H]4[C@@H]5C=C[C@@H]([C@H]6C[C@@H]56)[C@@H]4C3=O)cc2)cc1. The minimum atomic E-state index is -0.590. The number of Topliss-reactive ketones (excluding diaryl/α,β-unsaturated/α-hetero) is 1. The van der Waals surface area contributed by atoms with Crippen LogP contribution in [-0.2, 0) is 14.3 Å². The van der Waals surface area contributed by atoms with Crippen LogP contribution in [0.4, 0.5) is 16.2 Å². The van der Waals surface area contributed by atoms with Gasteiger partial charge in [0.25, 0.3) is 0 Å². The molecule has 7 rings (SSSR count). The summed E-state index contributed by atoms with van der Waals surface area (Å²) in [6, 6.07) is 13.1. The molecule has 0 aromatic heterocycles. The number of allylic oxidation sites excluding steroid dienone is 2. The Morgan fingerprint density at radius 1 is 0.914 bits per heavy atom. The minimum Gasteiger partial charge on any atom is -0.485 e. The predicted octanol–water partition coefficient (Wildman–Crippen LogP) is 3.68.